The van der Waals surface area contributed by atoms with E-state index >= 15 is 0 Å². The zero-order valence-electron chi connectivity index (χ0n) is 55.5. The summed E-state index contributed by atoms with van der Waals surface area (Å²) < 4.78 is 46.9. The summed E-state index contributed by atoms with van der Waals surface area (Å²) in [4.78, 5) is 67.2. The van der Waals surface area contributed by atoms with E-state index in [-0.39, 0.29) is 39.5 Å². The predicted octanol–water partition coefficient (Wildman–Crippen LogP) is 7.60. The number of H-pyrrole nitrogens is 2. The number of rotatable bonds is 11. The average Bonchev–Trinajstić information content (AvgIpc) is 1.64. The molecule has 4 N–H and O–H groups in total. The van der Waals surface area contributed by atoms with E-state index < -0.39 is 0 Å². The molecule has 6 aliphatic heterocycles. The van der Waals surface area contributed by atoms with E-state index in [2.05, 4.69) is 99.0 Å². The number of nitrogens with one attached hydrogen (secondary N) is 4. The first-order valence-electron chi connectivity index (χ1n) is 31.7. The molecule has 20 heteroatoms. The number of aldehydes is 1. The van der Waals surface area contributed by atoms with Gasteiger partial charge in [0.15, 0.2) is 0 Å². The maximum absolute atomic E-state index is 13.2. The van der Waals surface area contributed by atoms with Crippen LogP contribution in [0.2, 0.25) is 0 Å². The number of fused-ring (bicyclic) bond motifs is 2. The largest absolute Gasteiger partial charge is 0.497 e. The Balaban J connectivity index is 0.000000168. The fraction of sp³-hybridized carbons (Fsp3) is 0.493. The van der Waals surface area contributed by atoms with Gasteiger partial charge in [-0.3, -0.25) is 24.2 Å². The number of ether oxygens (including phenoxy) is 4. The zero-order chi connectivity index (χ0) is 65.7. The first-order valence-corrected chi connectivity index (χ1v) is 31.7. The zero-order valence-corrected chi connectivity index (χ0v) is 55.5. The number of nitrogens with zero attached hydrogens (tertiary/aromatic N) is 6. The van der Waals surface area contributed by atoms with Gasteiger partial charge in [0.2, 0.25) is 5.91 Å². The van der Waals surface area contributed by atoms with Crippen molar-refractivity contribution in [2.24, 2.45) is 0 Å². The number of halogens is 2. The number of aromatic amines is 2. The van der Waals surface area contributed by atoms with Gasteiger partial charge in [-0.05, 0) is 93.2 Å². The molecule has 12 rings (SSSR count). The fourth-order valence-electron chi connectivity index (χ4n) is 11.8. The van der Waals surface area contributed by atoms with E-state index in [9.17, 15) is 28.0 Å². The predicted molar refractivity (Wildman–Crippen MR) is 360 cm³/mol. The van der Waals surface area contributed by atoms with Gasteiger partial charge < -0.3 is 63.9 Å². The molecule has 0 spiro atoms. The van der Waals surface area contributed by atoms with E-state index in [4.69, 9.17) is 18.9 Å². The van der Waals surface area contributed by atoms with Crippen molar-refractivity contribution in [3.8, 4) is 22.6 Å². The van der Waals surface area contributed by atoms with Crippen LogP contribution in [-0.2, 0) is 42.7 Å². The molecule has 0 radical (unpaired) electrons. The third kappa shape index (κ3) is 21.5. The molecule has 494 valence electrons. The van der Waals surface area contributed by atoms with E-state index in [1.807, 2.05) is 74.3 Å². The summed E-state index contributed by atoms with van der Waals surface area (Å²) in [5, 5.41) is 6.71. The van der Waals surface area contributed by atoms with Gasteiger partial charge in [-0.15, -0.1) is 0 Å². The second-order valence-corrected chi connectivity index (χ2v) is 25.6. The molecular formula is C71H98F2N10O8. The highest BCUT2D eigenvalue weighted by Gasteiger charge is 2.40. The lowest BCUT2D eigenvalue weighted by Gasteiger charge is -2.32. The molecule has 1 amide bonds. The number of hydrogen-bond acceptors (Lipinski definition) is 15. The molecule has 91 heavy (non-hydrogen) atoms. The summed E-state index contributed by atoms with van der Waals surface area (Å²) in [5.41, 5.74) is 8.37. The third-order valence-corrected chi connectivity index (χ3v) is 16.9. The van der Waals surface area contributed by atoms with Crippen LogP contribution in [0.3, 0.4) is 0 Å². The molecule has 6 aliphatic rings. The number of hydrogen-bond donors (Lipinski definition) is 4. The minimum atomic E-state index is -0.324. The van der Waals surface area contributed by atoms with Crippen molar-refractivity contribution in [3.63, 3.8) is 0 Å². The molecule has 4 fully saturated rings. The van der Waals surface area contributed by atoms with Gasteiger partial charge >= 0.3 is 0 Å². The molecule has 18 nitrogen and oxygen atoms in total. The number of likely N-dealkylation sites (N-methyl/N-ethyl adjacent to an activating group) is 3. The molecule has 4 aromatic carbocycles. The lowest BCUT2D eigenvalue weighted by Crippen LogP contribution is -2.52. The molecular weight excluding hydrogens is 1160 g/mol. The van der Waals surface area contributed by atoms with Crippen LogP contribution in [0.5, 0.6) is 11.5 Å². The van der Waals surface area contributed by atoms with Crippen LogP contribution in [0.15, 0.2) is 119 Å². The van der Waals surface area contributed by atoms with Crippen LogP contribution >= 0.6 is 0 Å². The van der Waals surface area contributed by atoms with Crippen LogP contribution < -0.4 is 41.0 Å². The quantitative estimate of drug-likeness (QED) is 0.0932. The maximum Gasteiger partial charge on any atom is 0.251 e. The van der Waals surface area contributed by atoms with Gasteiger partial charge in [-0.25, -0.2) is 8.78 Å². The number of morpholine rings is 2. The summed E-state index contributed by atoms with van der Waals surface area (Å²) in [6.07, 6.45) is 1.87. The second-order valence-electron chi connectivity index (χ2n) is 25.6. The number of methoxy groups -OCH3 is 2. The number of carbonyl (C=O) groups is 2. The van der Waals surface area contributed by atoms with Crippen molar-refractivity contribution >= 4 is 23.6 Å². The molecule has 8 heterocycles. The standard InChI is InChI=1S/C23H29FN4O2.C17H19FN2O.C14H14O2.C7H14N2O.2C5H11NO/c1-15-12-27(9-8-25-15)13-20(29)28-14-23(2,3)21-19(28)11-17(22(30)26-21)10-16-4-6-18(24)7-5-16;1-17(2)10-20(3)14-9-12(16(21)19-15(14)17)8-11-4-6-13(18)7-5-11;1-15-12-8-9-13(14(10-12)16-2)11-6-4-3-5-7-11;1-7-6-9(4-5-10)3-2-8-7;2*1-6-2-4-7-5-3-6/h4-7,11,15,25H,8-10,12-14H2,1-3H3,(H,26,30);4-7,9H,8,10H2,1-3H3,(H,19,21);3-10H,1-2H3;5,7-8H,2-4,6H2,1H3;2*2-5H2,1H3. The molecule has 4 saturated heterocycles. The number of pyridine rings is 2. The van der Waals surface area contributed by atoms with Crippen LogP contribution in [-0.4, -0.2) is 207 Å². The number of aromatic nitrogens is 2. The normalized spacial score (nSPS) is 19.4. The summed E-state index contributed by atoms with van der Waals surface area (Å²) in [5.74, 6) is 1.11. The molecule has 0 saturated carbocycles. The highest BCUT2D eigenvalue weighted by atomic mass is 19.1. The molecule has 2 atom stereocenters. The van der Waals surface area contributed by atoms with Gasteiger partial charge in [-0.2, -0.15) is 0 Å². The number of piperazine rings is 2. The van der Waals surface area contributed by atoms with Crippen LogP contribution in [0.4, 0.5) is 20.2 Å². The lowest BCUT2D eigenvalue weighted by atomic mass is 9.91. The number of anilines is 2. The number of amides is 1. The summed E-state index contributed by atoms with van der Waals surface area (Å²) in [6, 6.07) is 33.1. The van der Waals surface area contributed by atoms with Crippen molar-refractivity contribution in [3.05, 3.63) is 175 Å². The summed E-state index contributed by atoms with van der Waals surface area (Å²) in [7, 11) is 9.58. The Hall–Kier alpha value is -7.14. The molecule has 0 bridgehead atoms. The van der Waals surface area contributed by atoms with E-state index in [1.165, 1.54) is 24.3 Å². The van der Waals surface area contributed by atoms with Crippen molar-refractivity contribution in [1.29, 1.82) is 0 Å². The number of carbonyl (C=O) groups excluding carboxylic acids is 2. The molecule has 6 aromatic rings. The molecule has 2 aromatic heterocycles. The Kier molecular flexibility index (Phi) is 27.0. The van der Waals surface area contributed by atoms with Crippen molar-refractivity contribution in [2.45, 2.75) is 77.3 Å². The average molecular weight is 1260 g/mol. The number of benzene rings is 4. The summed E-state index contributed by atoms with van der Waals surface area (Å²) in [6.45, 7) is 28.6. The minimum Gasteiger partial charge on any atom is -0.497 e. The topological polar surface area (TPSA) is 180 Å². The Labute approximate surface area is 537 Å². The van der Waals surface area contributed by atoms with E-state index in [0.29, 0.717) is 55.7 Å². The third-order valence-electron chi connectivity index (χ3n) is 16.9. The van der Waals surface area contributed by atoms with Crippen LogP contribution in [0.25, 0.3) is 11.1 Å². The SMILES string of the molecule is CC1CN(CC(=O)N2CC(C)(C)c3[nH]c(=O)c(Cc4ccc(F)cc4)cc32)CCN1.CC1CN(CC=O)CCN1.CN1CC(C)(C)c2[nH]c(=O)c(Cc3ccc(F)cc3)cc21.CN1CCOCC1.CN1CCOCC1.COc1ccc(-c2ccccc2)c(OC)c1. The minimum absolute atomic E-state index is 0.0440. The fourth-order valence-corrected chi connectivity index (χ4v) is 11.8. The Morgan fingerprint density at radius 2 is 1.10 bits per heavy atom. The Morgan fingerprint density at radius 3 is 1.57 bits per heavy atom. The Bertz CT molecular complexity index is 3340. The van der Waals surface area contributed by atoms with Crippen LogP contribution in [0.1, 0.15) is 75.2 Å². The monoisotopic (exact) mass is 1260 g/mol. The highest BCUT2D eigenvalue weighted by molar-refractivity contribution is 5.97. The van der Waals surface area contributed by atoms with Gasteiger partial charge in [0.25, 0.3) is 11.1 Å². The highest BCUT2D eigenvalue weighted by Crippen LogP contribution is 2.40. The van der Waals surface area contributed by atoms with Crippen molar-refractivity contribution in [1.82, 2.24) is 40.2 Å². The molecule has 2 unspecified atom stereocenters. The lowest BCUT2D eigenvalue weighted by molar-refractivity contribution is -0.120. The summed E-state index contributed by atoms with van der Waals surface area (Å²) >= 11 is 0. The Morgan fingerprint density at radius 1 is 0.615 bits per heavy atom. The van der Waals surface area contributed by atoms with E-state index in [0.717, 1.165) is 161 Å². The first-order chi connectivity index (χ1) is 43.6. The smallest absolute Gasteiger partial charge is 0.251 e. The van der Waals surface area contributed by atoms with Gasteiger partial charge in [-0.1, -0.05) is 82.3 Å². The van der Waals surface area contributed by atoms with Gasteiger partial charge in [0, 0.05) is 155 Å². The van der Waals surface area contributed by atoms with Gasteiger partial charge in [0.1, 0.15) is 29.4 Å². The second kappa shape index (κ2) is 34.5. The molecule has 0 aliphatic carbocycles. The van der Waals surface area contributed by atoms with Gasteiger partial charge in [0.05, 0.1) is 65.1 Å². The van der Waals surface area contributed by atoms with Crippen molar-refractivity contribution < 1.29 is 37.3 Å². The first kappa shape index (κ1) is 71.3. The van der Waals surface area contributed by atoms with E-state index in [1.54, 1.807) is 38.5 Å². The maximum atomic E-state index is 13.2. The van der Waals surface area contributed by atoms with Crippen molar-refractivity contribution in [2.75, 3.05) is 163 Å². The van der Waals surface area contributed by atoms with Crippen LogP contribution in [0, 0.1) is 11.6 Å².